The minimum absolute atomic E-state index is 0.897. The fourth-order valence-corrected chi connectivity index (χ4v) is 3.64. The number of rotatable bonds is 6. The first-order chi connectivity index (χ1) is 11.3. The Morgan fingerprint density at radius 2 is 2.04 bits per heavy atom. The number of fused-ring (bicyclic) bond motifs is 3. The average Bonchev–Trinajstić information content (AvgIpc) is 3.07. The highest BCUT2D eigenvalue weighted by atomic mass is 32.1. The second-order valence-electron chi connectivity index (χ2n) is 5.42. The molecule has 0 amide bonds. The molecule has 0 aliphatic carbocycles. The Kier molecular flexibility index (Phi) is 4.94. The van der Waals surface area contributed by atoms with E-state index in [1.807, 2.05) is 18.3 Å². The average molecular weight is 326 g/mol. The molecule has 0 bridgehead atoms. The van der Waals surface area contributed by atoms with Crippen LogP contribution in [0.4, 0.5) is 0 Å². The van der Waals surface area contributed by atoms with E-state index in [0.29, 0.717) is 0 Å². The maximum Gasteiger partial charge on any atom is 0.126 e. The van der Waals surface area contributed by atoms with Crippen LogP contribution in [0.1, 0.15) is 19.4 Å². The monoisotopic (exact) mass is 326 g/mol. The molecule has 0 atom stereocenters. The van der Waals surface area contributed by atoms with Crippen molar-refractivity contribution in [3.05, 3.63) is 41.4 Å². The zero-order chi connectivity index (χ0) is 16.2. The van der Waals surface area contributed by atoms with Crippen molar-refractivity contribution in [2.45, 2.75) is 13.8 Å². The van der Waals surface area contributed by atoms with Gasteiger partial charge in [0.05, 0.1) is 17.3 Å². The van der Waals surface area contributed by atoms with Gasteiger partial charge >= 0.3 is 0 Å². The van der Waals surface area contributed by atoms with Crippen LogP contribution >= 0.6 is 11.3 Å². The van der Waals surface area contributed by atoms with Gasteiger partial charge in [0.25, 0.3) is 0 Å². The van der Waals surface area contributed by atoms with Crippen molar-refractivity contribution in [2.75, 3.05) is 26.7 Å². The fraction of sp³-hybridized carbons (Fsp3) is 0.316. The summed E-state index contributed by atoms with van der Waals surface area (Å²) in [6, 6.07) is 6.21. The van der Waals surface area contributed by atoms with Crippen LogP contribution in [0, 0.1) is 0 Å². The number of thiophene rings is 1. The van der Waals surface area contributed by atoms with E-state index < -0.39 is 0 Å². The number of hydrogen-bond acceptors (Lipinski definition) is 4. The van der Waals surface area contributed by atoms with E-state index in [1.54, 1.807) is 18.4 Å². The lowest BCUT2D eigenvalue weighted by molar-refractivity contribution is 0.338. The number of methoxy groups -OCH3 is 1. The van der Waals surface area contributed by atoms with Gasteiger partial charge in [-0.25, -0.2) is 0 Å². The van der Waals surface area contributed by atoms with Gasteiger partial charge in [-0.15, -0.1) is 11.3 Å². The molecule has 4 heteroatoms. The molecule has 23 heavy (non-hydrogen) atoms. The van der Waals surface area contributed by atoms with Crippen molar-refractivity contribution in [3.63, 3.8) is 0 Å². The number of nitrogens with zero attached hydrogens (tertiary/aromatic N) is 2. The Bertz CT molecular complexity index is 834. The van der Waals surface area contributed by atoms with Crippen LogP contribution < -0.4 is 4.74 Å². The maximum atomic E-state index is 5.60. The molecule has 2 heterocycles. The summed E-state index contributed by atoms with van der Waals surface area (Å²) in [4.78, 5) is 6.99. The molecule has 2 aromatic heterocycles. The van der Waals surface area contributed by atoms with Crippen molar-refractivity contribution < 1.29 is 4.74 Å². The topological polar surface area (TPSA) is 25.4 Å². The van der Waals surface area contributed by atoms with Gasteiger partial charge in [-0.3, -0.25) is 4.98 Å². The number of pyridine rings is 1. The largest absolute Gasteiger partial charge is 0.496 e. The minimum atomic E-state index is 0.897. The van der Waals surface area contributed by atoms with Crippen LogP contribution in [-0.4, -0.2) is 36.6 Å². The van der Waals surface area contributed by atoms with E-state index in [9.17, 15) is 0 Å². The van der Waals surface area contributed by atoms with Crippen molar-refractivity contribution >= 4 is 38.4 Å². The Labute approximate surface area is 141 Å². The number of hydrogen-bond donors (Lipinski definition) is 0. The SMILES string of the molecule is CCN(CC)C/C=C/c1c(OC)ccc2ncc3sccc3c12. The van der Waals surface area contributed by atoms with Crippen molar-refractivity contribution in [2.24, 2.45) is 0 Å². The molecule has 0 aliphatic heterocycles. The van der Waals surface area contributed by atoms with Gasteiger partial charge in [0.1, 0.15) is 5.75 Å². The van der Waals surface area contributed by atoms with E-state index in [4.69, 9.17) is 4.74 Å². The first-order valence-corrected chi connectivity index (χ1v) is 8.88. The highest BCUT2D eigenvalue weighted by molar-refractivity contribution is 7.17. The van der Waals surface area contributed by atoms with Gasteiger partial charge in [0, 0.05) is 29.1 Å². The number of benzene rings is 1. The molecule has 1 aromatic carbocycles. The Balaban J connectivity index is 2.12. The first-order valence-electron chi connectivity index (χ1n) is 8.00. The number of aromatic nitrogens is 1. The van der Waals surface area contributed by atoms with E-state index in [2.05, 4.69) is 47.3 Å². The lowest BCUT2D eigenvalue weighted by atomic mass is 10.0. The summed E-state index contributed by atoms with van der Waals surface area (Å²) in [5.74, 6) is 0.897. The Hall–Kier alpha value is -1.91. The molecule has 0 N–H and O–H groups in total. The number of ether oxygens (including phenoxy) is 1. The predicted octanol–water partition coefficient (Wildman–Crippen LogP) is 4.81. The minimum Gasteiger partial charge on any atom is -0.496 e. The summed E-state index contributed by atoms with van der Waals surface area (Å²) < 4.78 is 6.81. The molecule has 0 aliphatic rings. The van der Waals surface area contributed by atoms with Crippen LogP contribution in [0.15, 0.2) is 35.9 Å². The third kappa shape index (κ3) is 3.09. The molecule has 120 valence electrons. The zero-order valence-corrected chi connectivity index (χ0v) is 14.7. The maximum absolute atomic E-state index is 5.60. The first kappa shape index (κ1) is 16.0. The molecule has 0 saturated heterocycles. The van der Waals surface area contributed by atoms with Gasteiger partial charge in [-0.1, -0.05) is 26.0 Å². The van der Waals surface area contributed by atoms with Crippen molar-refractivity contribution in [1.29, 1.82) is 0 Å². The summed E-state index contributed by atoms with van der Waals surface area (Å²) >= 11 is 1.72. The molecule has 3 nitrogen and oxygen atoms in total. The predicted molar refractivity (Wildman–Crippen MR) is 101 cm³/mol. The molecule has 0 radical (unpaired) electrons. The summed E-state index contributed by atoms with van der Waals surface area (Å²) in [6.45, 7) is 7.44. The molecule has 0 spiro atoms. The molecule has 3 rings (SSSR count). The summed E-state index contributed by atoms with van der Waals surface area (Å²) in [5.41, 5.74) is 2.13. The van der Waals surface area contributed by atoms with Crippen LogP contribution in [-0.2, 0) is 0 Å². The third-order valence-corrected chi connectivity index (χ3v) is 5.08. The summed E-state index contributed by atoms with van der Waals surface area (Å²) in [6.07, 6.45) is 6.35. The smallest absolute Gasteiger partial charge is 0.126 e. The summed E-state index contributed by atoms with van der Waals surface area (Å²) in [7, 11) is 1.73. The van der Waals surface area contributed by atoms with E-state index in [-0.39, 0.29) is 0 Å². The van der Waals surface area contributed by atoms with Crippen molar-refractivity contribution in [3.8, 4) is 5.75 Å². The van der Waals surface area contributed by atoms with Gasteiger partial charge in [0.15, 0.2) is 0 Å². The standard InChI is InChI=1S/C19H22N2OS/c1-4-21(5-2)11-6-7-14-17(22-3)9-8-16-19(14)15-10-12-23-18(15)13-20-16/h6-10,12-13H,4-5,11H2,1-3H3/b7-6+. The lowest BCUT2D eigenvalue weighted by Gasteiger charge is -2.15. The second kappa shape index (κ2) is 7.11. The van der Waals surface area contributed by atoms with Gasteiger partial charge in [0.2, 0.25) is 0 Å². The second-order valence-corrected chi connectivity index (χ2v) is 6.37. The van der Waals surface area contributed by atoms with Crippen LogP contribution in [0.25, 0.3) is 27.1 Å². The molecular formula is C19H22N2OS. The molecule has 0 unspecified atom stereocenters. The molecule has 3 aromatic rings. The van der Waals surface area contributed by atoms with Crippen LogP contribution in [0.2, 0.25) is 0 Å². The normalized spacial score (nSPS) is 12.0. The molecular weight excluding hydrogens is 304 g/mol. The lowest BCUT2D eigenvalue weighted by Crippen LogP contribution is -2.22. The van der Waals surface area contributed by atoms with Crippen molar-refractivity contribution in [1.82, 2.24) is 9.88 Å². The third-order valence-electron chi connectivity index (χ3n) is 4.23. The summed E-state index contributed by atoms with van der Waals surface area (Å²) in [5, 5.41) is 4.55. The highest BCUT2D eigenvalue weighted by Crippen LogP contribution is 2.35. The Morgan fingerprint density at radius 3 is 2.78 bits per heavy atom. The fourth-order valence-electron chi connectivity index (χ4n) is 2.88. The quantitative estimate of drug-likeness (QED) is 0.650. The van der Waals surface area contributed by atoms with Crippen LogP contribution in [0.3, 0.4) is 0 Å². The zero-order valence-electron chi connectivity index (χ0n) is 13.9. The van der Waals surface area contributed by atoms with Crippen LogP contribution in [0.5, 0.6) is 5.75 Å². The van der Waals surface area contributed by atoms with Gasteiger partial charge in [-0.05, 0) is 36.7 Å². The molecule has 0 fully saturated rings. The van der Waals surface area contributed by atoms with Gasteiger partial charge in [-0.2, -0.15) is 0 Å². The number of likely N-dealkylation sites (N-methyl/N-ethyl adjacent to an activating group) is 1. The molecule has 0 saturated carbocycles. The van der Waals surface area contributed by atoms with E-state index in [0.717, 1.165) is 36.5 Å². The van der Waals surface area contributed by atoms with E-state index >= 15 is 0 Å². The highest BCUT2D eigenvalue weighted by Gasteiger charge is 2.11. The van der Waals surface area contributed by atoms with Gasteiger partial charge < -0.3 is 9.64 Å². The van der Waals surface area contributed by atoms with E-state index in [1.165, 1.54) is 15.5 Å². The Morgan fingerprint density at radius 1 is 1.22 bits per heavy atom.